The molecule has 1 aromatic rings. The fourth-order valence-electron chi connectivity index (χ4n) is 3.14. The lowest BCUT2D eigenvalue weighted by molar-refractivity contribution is -0.0216. The minimum absolute atomic E-state index is 0.109. The lowest BCUT2D eigenvalue weighted by Crippen LogP contribution is -2.50. The predicted molar refractivity (Wildman–Crippen MR) is 91.5 cm³/mol. The lowest BCUT2D eigenvalue weighted by Gasteiger charge is -2.31. The van der Waals surface area contributed by atoms with Gasteiger partial charge in [-0.3, -0.25) is 4.90 Å². The third kappa shape index (κ3) is 4.99. The number of nitrogens with one attached hydrogen (secondary N) is 1. The number of benzene rings is 1. The summed E-state index contributed by atoms with van der Waals surface area (Å²) >= 11 is 0. The van der Waals surface area contributed by atoms with Gasteiger partial charge in [-0.1, -0.05) is 44.2 Å². The Morgan fingerprint density at radius 2 is 1.91 bits per heavy atom. The number of ether oxygens (including phenoxy) is 1. The fraction of sp³-hybridized carbons (Fsp3) is 0.667. The van der Waals surface area contributed by atoms with Gasteiger partial charge < -0.3 is 20.3 Å². The van der Waals surface area contributed by atoms with Crippen LogP contribution in [0.5, 0.6) is 0 Å². The monoisotopic (exact) mass is 322 g/mol. The Balaban J connectivity index is 1.96. The first-order chi connectivity index (χ1) is 11.0. The summed E-state index contributed by atoms with van der Waals surface area (Å²) in [5, 5.41) is 23.3. The molecule has 1 fully saturated rings. The molecule has 0 aromatic heterocycles. The van der Waals surface area contributed by atoms with E-state index in [4.69, 9.17) is 4.74 Å². The zero-order chi connectivity index (χ0) is 16.8. The van der Waals surface area contributed by atoms with Crippen molar-refractivity contribution in [2.45, 2.75) is 50.7 Å². The summed E-state index contributed by atoms with van der Waals surface area (Å²) < 4.78 is 5.85. The van der Waals surface area contributed by atoms with Gasteiger partial charge in [0.25, 0.3) is 0 Å². The van der Waals surface area contributed by atoms with Gasteiger partial charge in [0, 0.05) is 19.1 Å². The number of aliphatic hydroxyl groups is 2. The molecule has 2 rings (SSSR count). The molecule has 130 valence electrons. The second-order valence-corrected chi connectivity index (χ2v) is 6.66. The highest BCUT2D eigenvalue weighted by Gasteiger charge is 2.44. The molecule has 1 aliphatic heterocycles. The van der Waals surface area contributed by atoms with Crippen LogP contribution in [0.25, 0.3) is 0 Å². The molecule has 1 saturated heterocycles. The second kappa shape index (κ2) is 8.76. The first kappa shape index (κ1) is 18.4. The van der Waals surface area contributed by atoms with Crippen LogP contribution in [0.2, 0.25) is 0 Å². The van der Waals surface area contributed by atoms with Crippen molar-refractivity contribution in [2.24, 2.45) is 0 Å². The minimum Gasteiger partial charge on any atom is -0.394 e. The zero-order valence-electron chi connectivity index (χ0n) is 14.4. The summed E-state index contributed by atoms with van der Waals surface area (Å²) in [6, 6.07) is 10.6. The molecule has 5 nitrogen and oxygen atoms in total. The highest BCUT2D eigenvalue weighted by molar-refractivity contribution is 5.15. The Morgan fingerprint density at radius 3 is 2.52 bits per heavy atom. The highest BCUT2D eigenvalue weighted by Crippen LogP contribution is 2.25. The highest BCUT2D eigenvalue weighted by atomic mass is 16.5. The van der Waals surface area contributed by atoms with Gasteiger partial charge in [-0.15, -0.1) is 0 Å². The summed E-state index contributed by atoms with van der Waals surface area (Å²) in [7, 11) is 2.02. The Kier molecular flexibility index (Phi) is 6.99. The standard InChI is InChI=1S/C18H30N2O3/c1-13(2)19-11-15-17(18(22)16(12-21)23-15)20(3)10-9-14-7-5-4-6-8-14/h4-8,13,15-19,21-22H,9-12H2,1-3H3. The average Bonchev–Trinajstić information content (AvgIpc) is 2.87. The van der Waals surface area contributed by atoms with Crippen LogP contribution in [0.3, 0.4) is 0 Å². The van der Waals surface area contributed by atoms with E-state index in [1.165, 1.54) is 5.56 Å². The molecule has 3 N–H and O–H groups in total. The van der Waals surface area contributed by atoms with Gasteiger partial charge in [0.05, 0.1) is 18.8 Å². The van der Waals surface area contributed by atoms with Crippen LogP contribution < -0.4 is 5.32 Å². The molecule has 0 saturated carbocycles. The normalized spacial score (nSPS) is 28.0. The SMILES string of the molecule is CC(C)NCC1OC(CO)C(O)C1N(C)CCc1ccccc1. The van der Waals surface area contributed by atoms with Crippen LogP contribution in [0.4, 0.5) is 0 Å². The maximum atomic E-state index is 10.5. The van der Waals surface area contributed by atoms with Gasteiger partial charge in [0.15, 0.2) is 0 Å². The summed E-state index contributed by atoms with van der Waals surface area (Å²) in [5.74, 6) is 0. The Bertz CT molecular complexity index is 455. The Hall–Kier alpha value is -0.980. The average molecular weight is 322 g/mol. The molecule has 1 aliphatic rings. The van der Waals surface area contributed by atoms with Crippen LogP contribution in [0.1, 0.15) is 19.4 Å². The van der Waals surface area contributed by atoms with Crippen LogP contribution in [-0.4, -0.2) is 72.3 Å². The number of hydrogen-bond acceptors (Lipinski definition) is 5. The molecule has 23 heavy (non-hydrogen) atoms. The molecule has 4 atom stereocenters. The lowest BCUT2D eigenvalue weighted by atomic mass is 10.0. The number of rotatable bonds is 8. The third-order valence-electron chi connectivity index (χ3n) is 4.47. The van der Waals surface area contributed by atoms with Crippen molar-refractivity contribution in [1.29, 1.82) is 0 Å². The number of nitrogens with zero attached hydrogens (tertiary/aromatic N) is 1. The van der Waals surface area contributed by atoms with Gasteiger partial charge in [-0.25, -0.2) is 0 Å². The third-order valence-corrected chi connectivity index (χ3v) is 4.47. The van der Waals surface area contributed by atoms with Crippen LogP contribution in [0, 0.1) is 0 Å². The minimum atomic E-state index is -0.667. The quantitative estimate of drug-likeness (QED) is 0.656. The summed E-state index contributed by atoms with van der Waals surface area (Å²) in [6.07, 6.45) is -0.363. The maximum absolute atomic E-state index is 10.5. The number of hydrogen-bond donors (Lipinski definition) is 3. The van der Waals surface area contributed by atoms with Crippen molar-refractivity contribution in [3.8, 4) is 0 Å². The smallest absolute Gasteiger partial charge is 0.109 e. The van der Waals surface area contributed by atoms with E-state index in [0.717, 1.165) is 13.0 Å². The summed E-state index contributed by atoms with van der Waals surface area (Å²) in [5.41, 5.74) is 1.28. The maximum Gasteiger partial charge on any atom is 0.109 e. The van der Waals surface area contributed by atoms with Gasteiger partial charge in [0.2, 0.25) is 0 Å². The molecule has 0 spiro atoms. The van der Waals surface area contributed by atoms with Crippen molar-refractivity contribution in [3.63, 3.8) is 0 Å². The van der Waals surface area contributed by atoms with Crippen molar-refractivity contribution in [1.82, 2.24) is 10.2 Å². The molecule has 1 heterocycles. The zero-order valence-corrected chi connectivity index (χ0v) is 14.4. The summed E-state index contributed by atoms with van der Waals surface area (Å²) in [4.78, 5) is 2.15. The van der Waals surface area contributed by atoms with Crippen molar-refractivity contribution < 1.29 is 14.9 Å². The van der Waals surface area contributed by atoms with Gasteiger partial charge in [0.1, 0.15) is 12.2 Å². The predicted octanol–water partition coefficient (Wildman–Crippen LogP) is 0.648. The largest absolute Gasteiger partial charge is 0.394 e. The fourth-order valence-corrected chi connectivity index (χ4v) is 3.14. The van der Waals surface area contributed by atoms with E-state index in [1.54, 1.807) is 0 Å². The summed E-state index contributed by atoms with van der Waals surface area (Å²) in [6.45, 7) is 5.53. The molecule has 0 radical (unpaired) electrons. The number of likely N-dealkylation sites (N-methyl/N-ethyl adjacent to an activating group) is 1. The van der Waals surface area contributed by atoms with E-state index in [9.17, 15) is 10.2 Å². The molecular weight excluding hydrogens is 292 g/mol. The number of aliphatic hydroxyl groups excluding tert-OH is 2. The Morgan fingerprint density at radius 1 is 1.22 bits per heavy atom. The molecule has 0 aliphatic carbocycles. The van der Waals surface area contributed by atoms with Gasteiger partial charge >= 0.3 is 0 Å². The second-order valence-electron chi connectivity index (χ2n) is 6.66. The molecule has 0 amide bonds. The Labute approximate surface area is 139 Å². The first-order valence-electron chi connectivity index (χ1n) is 8.45. The molecule has 1 aromatic carbocycles. The van der Waals surface area contributed by atoms with E-state index in [1.807, 2.05) is 25.2 Å². The molecule has 0 bridgehead atoms. The first-order valence-corrected chi connectivity index (χ1v) is 8.45. The van der Waals surface area contributed by atoms with Crippen molar-refractivity contribution >= 4 is 0 Å². The van der Waals surface area contributed by atoms with Gasteiger partial charge in [-0.2, -0.15) is 0 Å². The van der Waals surface area contributed by atoms with Crippen LogP contribution in [-0.2, 0) is 11.2 Å². The van der Waals surface area contributed by atoms with Crippen LogP contribution in [0.15, 0.2) is 30.3 Å². The topological polar surface area (TPSA) is 65.0 Å². The molecule has 4 unspecified atom stereocenters. The molecular formula is C18H30N2O3. The molecule has 5 heteroatoms. The van der Waals surface area contributed by atoms with Gasteiger partial charge in [-0.05, 0) is 19.0 Å². The van der Waals surface area contributed by atoms with E-state index in [2.05, 4.69) is 36.2 Å². The van der Waals surface area contributed by atoms with Crippen molar-refractivity contribution in [2.75, 3.05) is 26.7 Å². The van der Waals surface area contributed by atoms with Crippen LogP contribution >= 0.6 is 0 Å². The van der Waals surface area contributed by atoms with E-state index < -0.39 is 12.2 Å². The van der Waals surface area contributed by atoms with Crippen molar-refractivity contribution in [3.05, 3.63) is 35.9 Å². The van der Waals surface area contributed by atoms with E-state index in [0.29, 0.717) is 12.6 Å². The van der Waals surface area contributed by atoms with E-state index >= 15 is 0 Å². The van der Waals surface area contributed by atoms with E-state index in [-0.39, 0.29) is 18.8 Å².